The molecule has 0 radical (unpaired) electrons. The van der Waals surface area contributed by atoms with Gasteiger partial charge in [-0.3, -0.25) is 0 Å². The molecule has 0 saturated carbocycles. The average Bonchev–Trinajstić information content (AvgIpc) is 2.31. The van der Waals surface area contributed by atoms with Gasteiger partial charge in [0.15, 0.2) is 0 Å². The molecule has 0 unspecified atom stereocenters. The standard InChI is InChI=1S/C9H8N2O.C2H6/c1-12-8-4-2-3-7-5-10-6-11-9(7)8;1-2/h2-6H,1H3;1-2H3. The molecule has 0 aliphatic carbocycles. The molecule has 0 amide bonds. The molecular weight excluding hydrogens is 176 g/mol. The minimum atomic E-state index is 0.787. The maximum Gasteiger partial charge on any atom is 0.145 e. The lowest BCUT2D eigenvalue weighted by Gasteiger charge is -2.01. The Hall–Kier alpha value is -1.64. The third-order valence-electron chi connectivity index (χ3n) is 1.72. The summed E-state index contributed by atoms with van der Waals surface area (Å²) in [6, 6.07) is 5.76. The minimum absolute atomic E-state index is 0.787. The topological polar surface area (TPSA) is 35.0 Å². The van der Waals surface area contributed by atoms with E-state index in [1.807, 2.05) is 32.0 Å². The Labute approximate surface area is 83.8 Å². The van der Waals surface area contributed by atoms with Crippen molar-refractivity contribution in [1.82, 2.24) is 9.97 Å². The molecule has 2 aromatic rings. The van der Waals surface area contributed by atoms with Gasteiger partial charge in [-0.05, 0) is 6.07 Å². The quantitative estimate of drug-likeness (QED) is 0.693. The first kappa shape index (κ1) is 10.4. The molecule has 14 heavy (non-hydrogen) atoms. The number of hydrogen-bond donors (Lipinski definition) is 0. The van der Waals surface area contributed by atoms with E-state index in [0.29, 0.717) is 0 Å². The molecule has 0 spiro atoms. The maximum absolute atomic E-state index is 5.14. The van der Waals surface area contributed by atoms with Gasteiger partial charge in [-0.2, -0.15) is 0 Å². The molecule has 1 aromatic carbocycles. The largest absolute Gasteiger partial charge is 0.494 e. The molecule has 0 aliphatic rings. The Balaban J connectivity index is 0.000000461. The Kier molecular flexibility index (Phi) is 3.85. The summed E-state index contributed by atoms with van der Waals surface area (Å²) in [5.74, 6) is 0.787. The van der Waals surface area contributed by atoms with Crippen molar-refractivity contribution in [1.29, 1.82) is 0 Å². The SMILES string of the molecule is CC.COc1cccc2cncnc12. The molecule has 0 aliphatic heterocycles. The lowest BCUT2D eigenvalue weighted by Crippen LogP contribution is -1.87. The predicted molar refractivity (Wildman–Crippen MR) is 57.4 cm³/mol. The Morgan fingerprint density at radius 3 is 2.71 bits per heavy atom. The Bertz CT molecular complexity index is 396. The molecule has 3 heteroatoms. The second-order valence-corrected chi connectivity index (χ2v) is 2.42. The smallest absolute Gasteiger partial charge is 0.145 e. The van der Waals surface area contributed by atoms with Crippen LogP contribution in [0.15, 0.2) is 30.7 Å². The second kappa shape index (κ2) is 5.17. The summed E-state index contributed by atoms with van der Waals surface area (Å²) in [6.45, 7) is 4.00. The number of benzene rings is 1. The predicted octanol–water partition coefficient (Wildman–Crippen LogP) is 2.66. The highest BCUT2D eigenvalue weighted by molar-refractivity contribution is 5.83. The van der Waals surface area contributed by atoms with Crippen molar-refractivity contribution >= 4 is 10.9 Å². The summed E-state index contributed by atoms with van der Waals surface area (Å²) in [5, 5.41) is 0.997. The van der Waals surface area contributed by atoms with E-state index in [4.69, 9.17) is 4.74 Å². The van der Waals surface area contributed by atoms with Crippen molar-refractivity contribution in [2.24, 2.45) is 0 Å². The van der Waals surface area contributed by atoms with Crippen LogP contribution in [0.2, 0.25) is 0 Å². The summed E-state index contributed by atoms with van der Waals surface area (Å²) in [4.78, 5) is 8.04. The number of nitrogens with zero attached hydrogens (tertiary/aromatic N) is 2. The van der Waals surface area contributed by atoms with Gasteiger partial charge in [0.25, 0.3) is 0 Å². The molecule has 0 bridgehead atoms. The van der Waals surface area contributed by atoms with Crippen molar-refractivity contribution in [2.45, 2.75) is 13.8 Å². The van der Waals surface area contributed by atoms with E-state index in [1.165, 1.54) is 6.33 Å². The summed E-state index contributed by atoms with van der Waals surface area (Å²) in [7, 11) is 1.64. The van der Waals surface area contributed by atoms with Crippen molar-refractivity contribution in [3.05, 3.63) is 30.7 Å². The van der Waals surface area contributed by atoms with Crippen LogP contribution in [-0.2, 0) is 0 Å². The maximum atomic E-state index is 5.14. The zero-order valence-corrected chi connectivity index (χ0v) is 8.69. The third-order valence-corrected chi connectivity index (χ3v) is 1.72. The van der Waals surface area contributed by atoms with Crippen molar-refractivity contribution in [2.75, 3.05) is 7.11 Å². The van der Waals surface area contributed by atoms with E-state index in [9.17, 15) is 0 Å². The van der Waals surface area contributed by atoms with Crippen LogP contribution in [-0.4, -0.2) is 17.1 Å². The number of methoxy groups -OCH3 is 1. The summed E-state index contributed by atoms with van der Waals surface area (Å²) < 4.78 is 5.14. The first-order valence-corrected chi connectivity index (χ1v) is 4.64. The summed E-state index contributed by atoms with van der Waals surface area (Å²) >= 11 is 0. The van der Waals surface area contributed by atoms with E-state index in [0.717, 1.165) is 16.7 Å². The third kappa shape index (κ3) is 1.99. The van der Waals surface area contributed by atoms with Crippen LogP contribution in [0.4, 0.5) is 0 Å². The van der Waals surface area contributed by atoms with Gasteiger partial charge in [-0.25, -0.2) is 9.97 Å². The van der Waals surface area contributed by atoms with Gasteiger partial charge in [0.1, 0.15) is 17.6 Å². The van der Waals surface area contributed by atoms with Crippen LogP contribution in [0.3, 0.4) is 0 Å². The Morgan fingerprint density at radius 2 is 2.00 bits per heavy atom. The average molecular weight is 190 g/mol. The van der Waals surface area contributed by atoms with Crippen LogP contribution in [0, 0.1) is 0 Å². The van der Waals surface area contributed by atoms with Crippen LogP contribution in [0.25, 0.3) is 10.9 Å². The molecule has 3 nitrogen and oxygen atoms in total. The highest BCUT2D eigenvalue weighted by Gasteiger charge is 1.99. The van der Waals surface area contributed by atoms with E-state index < -0.39 is 0 Å². The number of rotatable bonds is 1. The highest BCUT2D eigenvalue weighted by atomic mass is 16.5. The fourth-order valence-electron chi connectivity index (χ4n) is 1.15. The lowest BCUT2D eigenvalue weighted by molar-refractivity contribution is 0.419. The first-order chi connectivity index (χ1) is 6.92. The monoisotopic (exact) mass is 190 g/mol. The molecule has 1 aromatic heterocycles. The van der Waals surface area contributed by atoms with Gasteiger partial charge in [-0.1, -0.05) is 26.0 Å². The Morgan fingerprint density at radius 1 is 1.21 bits per heavy atom. The lowest BCUT2D eigenvalue weighted by atomic mass is 10.2. The van der Waals surface area contributed by atoms with E-state index in [2.05, 4.69) is 9.97 Å². The zero-order chi connectivity index (χ0) is 10.4. The molecule has 0 fully saturated rings. The van der Waals surface area contributed by atoms with Crippen LogP contribution in [0.1, 0.15) is 13.8 Å². The van der Waals surface area contributed by atoms with Crippen LogP contribution in [0.5, 0.6) is 5.75 Å². The second-order valence-electron chi connectivity index (χ2n) is 2.42. The van der Waals surface area contributed by atoms with Crippen molar-refractivity contribution in [3.63, 3.8) is 0 Å². The molecule has 0 N–H and O–H groups in total. The van der Waals surface area contributed by atoms with Crippen molar-refractivity contribution < 1.29 is 4.74 Å². The van der Waals surface area contributed by atoms with Gasteiger partial charge in [-0.15, -0.1) is 0 Å². The molecule has 0 saturated heterocycles. The van der Waals surface area contributed by atoms with Gasteiger partial charge in [0, 0.05) is 11.6 Å². The van der Waals surface area contributed by atoms with E-state index >= 15 is 0 Å². The fourth-order valence-corrected chi connectivity index (χ4v) is 1.15. The highest BCUT2D eigenvalue weighted by Crippen LogP contribution is 2.21. The normalized spacial score (nSPS) is 9.07. The zero-order valence-electron chi connectivity index (χ0n) is 8.69. The molecule has 1 heterocycles. The van der Waals surface area contributed by atoms with Gasteiger partial charge < -0.3 is 4.74 Å². The molecule has 74 valence electrons. The summed E-state index contributed by atoms with van der Waals surface area (Å²) in [6.07, 6.45) is 3.29. The van der Waals surface area contributed by atoms with Crippen molar-refractivity contribution in [3.8, 4) is 5.75 Å². The van der Waals surface area contributed by atoms with Gasteiger partial charge >= 0.3 is 0 Å². The molecular formula is C11H14N2O. The van der Waals surface area contributed by atoms with Crippen LogP contribution < -0.4 is 4.74 Å². The number of aromatic nitrogens is 2. The molecule has 2 rings (SSSR count). The number of para-hydroxylation sites is 1. The number of hydrogen-bond acceptors (Lipinski definition) is 3. The first-order valence-electron chi connectivity index (χ1n) is 4.64. The van der Waals surface area contributed by atoms with E-state index in [-0.39, 0.29) is 0 Å². The minimum Gasteiger partial charge on any atom is -0.494 e. The molecule has 0 atom stereocenters. The fraction of sp³-hybridized carbons (Fsp3) is 0.273. The van der Waals surface area contributed by atoms with E-state index in [1.54, 1.807) is 13.3 Å². The number of ether oxygens (including phenoxy) is 1. The number of fused-ring (bicyclic) bond motifs is 1. The van der Waals surface area contributed by atoms with Gasteiger partial charge in [0.2, 0.25) is 0 Å². The van der Waals surface area contributed by atoms with Gasteiger partial charge in [0.05, 0.1) is 7.11 Å². The van der Waals surface area contributed by atoms with Crippen LogP contribution >= 0.6 is 0 Å². The summed E-state index contributed by atoms with van der Waals surface area (Å²) in [5.41, 5.74) is 0.856.